The molecule has 27 heavy (non-hydrogen) atoms. The number of hydrogen-bond acceptors (Lipinski definition) is 7. The lowest BCUT2D eigenvalue weighted by molar-refractivity contribution is -0.222. The topological polar surface area (TPSA) is 93.7 Å². The van der Waals surface area contributed by atoms with Crippen molar-refractivity contribution < 1.29 is 23.9 Å². The summed E-state index contributed by atoms with van der Waals surface area (Å²) >= 11 is 1.58. The number of carbonyl (C=O) groups is 3. The molecule has 0 unspecified atom stereocenters. The predicted octanol–water partition coefficient (Wildman–Crippen LogP) is 2.81. The minimum Gasteiger partial charge on any atom is -0.419 e. The number of esters is 2. The first-order chi connectivity index (χ1) is 12.8. The second kappa shape index (κ2) is 7.63. The van der Waals surface area contributed by atoms with Crippen molar-refractivity contribution in [3.63, 3.8) is 0 Å². The van der Waals surface area contributed by atoms with Gasteiger partial charge in [-0.05, 0) is 35.7 Å². The molecule has 1 saturated heterocycles. The third-order valence-corrected chi connectivity index (χ3v) is 4.53. The molecule has 0 aliphatic carbocycles. The van der Waals surface area contributed by atoms with Crippen LogP contribution < -0.4 is 10.6 Å². The maximum atomic E-state index is 12.1. The van der Waals surface area contributed by atoms with Crippen molar-refractivity contribution in [1.29, 1.82) is 0 Å². The fourth-order valence-electron chi connectivity index (χ4n) is 2.33. The van der Waals surface area contributed by atoms with Crippen LogP contribution in [-0.4, -0.2) is 23.6 Å². The minimum atomic E-state index is -1.27. The summed E-state index contributed by atoms with van der Waals surface area (Å²) in [6.07, 6.45) is 1.23. The standard InChI is InChI=1S/C19H18N2O5S/c1-19(2)25-17(23)15(18(24)26-19)11-20-13-7-5-12(6-8-13)16(22)21-10-14-4-3-9-27-14/h3-9,11,20H,10H2,1-2H3,(H,21,22). The Kier molecular flexibility index (Phi) is 5.27. The summed E-state index contributed by atoms with van der Waals surface area (Å²) in [7, 11) is 0. The van der Waals surface area contributed by atoms with Gasteiger partial charge in [0.15, 0.2) is 5.57 Å². The van der Waals surface area contributed by atoms with Crippen LogP contribution in [0.15, 0.2) is 53.6 Å². The van der Waals surface area contributed by atoms with Gasteiger partial charge in [-0.15, -0.1) is 11.3 Å². The molecule has 1 aliphatic rings. The Morgan fingerprint density at radius 3 is 2.37 bits per heavy atom. The third kappa shape index (κ3) is 4.73. The molecule has 1 aromatic carbocycles. The predicted molar refractivity (Wildman–Crippen MR) is 99.9 cm³/mol. The lowest BCUT2D eigenvalue weighted by Gasteiger charge is -2.29. The molecule has 8 heteroatoms. The molecule has 7 nitrogen and oxygen atoms in total. The van der Waals surface area contributed by atoms with Crippen molar-refractivity contribution in [3.8, 4) is 0 Å². The van der Waals surface area contributed by atoms with Crippen LogP contribution in [0.1, 0.15) is 29.1 Å². The van der Waals surface area contributed by atoms with Gasteiger partial charge in [-0.1, -0.05) is 6.07 Å². The van der Waals surface area contributed by atoms with Gasteiger partial charge in [0.05, 0.1) is 6.54 Å². The van der Waals surface area contributed by atoms with E-state index in [2.05, 4.69) is 10.6 Å². The number of carbonyl (C=O) groups excluding carboxylic acids is 3. The summed E-state index contributed by atoms with van der Waals surface area (Å²) in [5.41, 5.74) is 0.873. The molecule has 3 rings (SSSR count). The largest absolute Gasteiger partial charge is 0.419 e. The van der Waals surface area contributed by atoms with Gasteiger partial charge >= 0.3 is 11.9 Å². The van der Waals surface area contributed by atoms with Gasteiger partial charge in [-0.25, -0.2) is 9.59 Å². The molecule has 0 bridgehead atoms. The van der Waals surface area contributed by atoms with E-state index >= 15 is 0 Å². The number of benzene rings is 1. The highest BCUT2D eigenvalue weighted by Gasteiger charge is 2.38. The summed E-state index contributed by atoms with van der Waals surface area (Å²) in [5, 5.41) is 7.62. The van der Waals surface area contributed by atoms with E-state index in [0.717, 1.165) is 4.88 Å². The lowest BCUT2D eigenvalue weighted by atomic mass is 10.2. The number of anilines is 1. The van der Waals surface area contributed by atoms with Crippen molar-refractivity contribution in [1.82, 2.24) is 5.32 Å². The number of rotatable bonds is 5. The highest BCUT2D eigenvalue weighted by atomic mass is 32.1. The Balaban J connectivity index is 1.60. The second-order valence-electron chi connectivity index (χ2n) is 6.22. The molecular weight excluding hydrogens is 368 g/mol. The molecule has 0 spiro atoms. The van der Waals surface area contributed by atoms with Gasteiger partial charge in [0.25, 0.3) is 11.7 Å². The highest BCUT2D eigenvalue weighted by Crippen LogP contribution is 2.22. The minimum absolute atomic E-state index is 0.185. The zero-order valence-electron chi connectivity index (χ0n) is 14.8. The van der Waals surface area contributed by atoms with Crippen molar-refractivity contribution in [2.24, 2.45) is 0 Å². The molecule has 140 valence electrons. The zero-order valence-corrected chi connectivity index (χ0v) is 15.6. The van der Waals surface area contributed by atoms with E-state index in [9.17, 15) is 14.4 Å². The van der Waals surface area contributed by atoms with Crippen molar-refractivity contribution in [2.75, 3.05) is 5.32 Å². The van der Waals surface area contributed by atoms with E-state index in [0.29, 0.717) is 17.8 Å². The third-order valence-electron chi connectivity index (χ3n) is 3.65. The van der Waals surface area contributed by atoms with Gasteiger partial charge in [0.2, 0.25) is 0 Å². The van der Waals surface area contributed by atoms with Gasteiger partial charge < -0.3 is 20.1 Å². The molecule has 2 aromatic rings. The summed E-state index contributed by atoms with van der Waals surface area (Å²) in [4.78, 5) is 37.0. The van der Waals surface area contributed by atoms with E-state index in [1.54, 1.807) is 35.6 Å². The SMILES string of the molecule is CC1(C)OC(=O)C(=CNc2ccc(C(=O)NCc3cccs3)cc2)C(=O)O1. The Morgan fingerprint density at radius 1 is 1.11 bits per heavy atom. The first kappa shape index (κ1) is 18.7. The molecule has 2 N–H and O–H groups in total. The summed E-state index contributed by atoms with van der Waals surface area (Å²) in [5.74, 6) is -2.97. The number of thiophene rings is 1. The maximum Gasteiger partial charge on any atom is 0.350 e. The zero-order chi connectivity index (χ0) is 19.4. The average Bonchev–Trinajstić information content (AvgIpc) is 3.12. The summed E-state index contributed by atoms with van der Waals surface area (Å²) in [6.45, 7) is 3.44. The van der Waals surface area contributed by atoms with Gasteiger partial charge in [-0.2, -0.15) is 0 Å². The van der Waals surface area contributed by atoms with Crippen LogP contribution >= 0.6 is 11.3 Å². The average molecular weight is 386 g/mol. The van der Waals surface area contributed by atoms with Crippen LogP contribution in [0.3, 0.4) is 0 Å². The van der Waals surface area contributed by atoms with Gasteiger partial charge in [0.1, 0.15) is 0 Å². The van der Waals surface area contributed by atoms with E-state index in [1.807, 2.05) is 17.5 Å². The fraction of sp³-hybridized carbons (Fsp3) is 0.211. The van der Waals surface area contributed by atoms with Crippen LogP contribution in [0.2, 0.25) is 0 Å². The Labute approximate surface area is 160 Å². The van der Waals surface area contributed by atoms with Crippen LogP contribution in [0.4, 0.5) is 5.69 Å². The quantitative estimate of drug-likeness (QED) is 0.466. The lowest BCUT2D eigenvalue weighted by Crippen LogP contribution is -2.42. The van der Waals surface area contributed by atoms with Crippen LogP contribution in [0.5, 0.6) is 0 Å². The Morgan fingerprint density at radius 2 is 1.78 bits per heavy atom. The Hall–Kier alpha value is -3.13. The fourth-order valence-corrected chi connectivity index (χ4v) is 2.98. The van der Waals surface area contributed by atoms with E-state index < -0.39 is 17.7 Å². The van der Waals surface area contributed by atoms with Gasteiger partial charge in [0, 0.05) is 36.2 Å². The molecule has 0 saturated carbocycles. The number of ether oxygens (including phenoxy) is 2. The Bertz CT molecular complexity index is 863. The molecular formula is C19H18N2O5S. The summed E-state index contributed by atoms with van der Waals surface area (Å²) in [6, 6.07) is 10.5. The van der Waals surface area contributed by atoms with E-state index in [4.69, 9.17) is 9.47 Å². The van der Waals surface area contributed by atoms with Crippen molar-refractivity contribution in [3.05, 3.63) is 64.0 Å². The molecule has 2 heterocycles. The molecule has 0 radical (unpaired) electrons. The summed E-state index contributed by atoms with van der Waals surface area (Å²) < 4.78 is 10.0. The monoisotopic (exact) mass is 386 g/mol. The molecule has 1 amide bonds. The first-order valence-electron chi connectivity index (χ1n) is 8.18. The normalized spacial score (nSPS) is 15.6. The highest BCUT2D eigenvalue weighted by molar-refractivity contribution is 7.09. The molecule has 1 aliphatic heterocycles. The molecule has 1 fully saturated rings. The van der Waals surface area contributed by atoms with Crippen molar-refractivity contribution >= 4 is 34.9 Å². The van der Waals surface area contributed by atoms with Gasteiger partial charge in [-0.3, -0.25) is 4.79 Å². The number of amides is 1. The molecule has 0 atom stereocenters. The number of nitrogens with one attached hydrogen (secondary N) is 2. The van der Waals surface area contributed by atoms with E-state index in [-0.39, 0.29) is 11.5 Å². The maximum absolute atomic E-state index is 12.1. The smallest absolute Gasteiger partial charge is 0.350 e. The number of hydrogen-bond donors (Lipinski definition) is 2. The van der Waals surface area contributed by atoms with Crippen LogP contribution in [0, 0.1) is 0 Å². The number of cyclic esters (lactones) is 2. The van der Waals surface area contributed by atoms with E-state index in [1.165, 1.54) is 20.0 Å². The van der Waals surface area contributed by atoms with Crippen molar-refractivity contribution in [2.45, 2.75) is 26.2 Å². The van der Waals surface area contributed by atoms with Crippen LogP contribution in [0.25, 0.3) is 0 Å². The first-order valence-corrected chi connectivity index (χ1v) is 9.06. The van der Waals surface area contributed by atoms with Crippen LogP contribution in [-0.2, 0) is 25.6 Å². The second-order valence-corrected chi connectivity index (χ2v) is 7.25. The molecule has 1 aromatic heterocycles.